The smallest absolute Gasteiger partial charge is 0.260 e. The first-order chi connectivity index (χ1) is 12.5. The SMILES string of the molecule is Cc1ccc(-c2c(C)sc3nc(CN4CCOC(C)C4)[nH]c(=O)c23)cc1. The van der Waals surface area contributed by atoms with Crippen molar-refractivity contribution in [3.05, 3.63) is 50.9 Å². The monoisotopic (exact) mass is 369 g/mol. The zero-order valence-corrected chi connectivity index (χ0v) is 16.2. The molecule has 0 saturated carbocycles. The number of aromatic nitrogens is 2. The highest BCUT2D eigenvalue weighted by atomic mass is 32.1. The summed E-state index contributed by atoms with van der Waals surface area (Å²) in [7, 11) is 0. The molecule has 3 aromatic rings. The molecule has 1 fully saturated rings. The van der Waals surface area contributed by atoms with E-state index in [9.17, 15) is 4.79 Å². The quantitative estimate of drug-likeness (QED) is 0.768. The maximum absolute atomic E-state index is 12.8. The highest BCUT2D eigenvalue weighted by Crippen LogP contribution is 2.35. The lowest BCUT2D eigenvalue weighted by Gasteiger charge is -2.30. The normalized spacial score (nSPS) is 18.5. The summed E-state index contributed by atoms with van der Waals surface area (Å²) in [5.41, 5.74) is 3.23. The minimum Gasteiger partial charge on any atom is -0.376 e. The average Bonchev–Trinajstić information content (AvgIpc) is 2.92. The number of hydrogen-bond donors (Lipinski definition) is 1. The summed E-state index contributed by atoms with van der Waals surface area (Å²) in [4.78, 5) is 24.8. The van der Waals surface area contributed by atoms with Crippen molar-refractivity contribution in [2.24, 2.45) is 0 Å². The molecule has 26 heavy (non-hydrogen) atoms. The Morgan fingerprint density at radius 2 is 2.08 bits per heavy atom. The Labute approximate surface area is 156 Å². The first-order valence-corrected chi connectivity index (χ1v) is 9.76. The molecule has 0 spiro atoms. The van der Waals surface area contributed by atoms with E-state index in [4.69, 9.17) is 9.72 Å². The highest BCUT2D eigenvalue weighted by Gasteiger charge is 2.20. The largest absolute Gasteiger partial charge is 0.376 e. The molecule has 1 aliphatic heterocycles. The Morgan fingerprint density at radius 3 is 2.81 bits per heavy atom. The molecule has 5 nitrogen and oxygen atoms in total. The minimum absolute atomic E-state index is 0.0498. The highest BCUT2D eigenvalue weighted by molar-refractivity contribution is 7.19. The number of nitrogens with one attached hydrogen (secondary N) is 1. The third kappa shape index (κ3) is 3.32. The number of hydrogen-bond acceptors (Lipinski definition) is 5. The van der Waals surface area contributed by atoms with Crippen molar-refractivity contribution in [3.8, 4) is 11.1 Å². The second-order valence-electron chi connectivity index (χ2n) is 7.01. The molecular weight excluding hydrogens is 346 g/mol. The number of morpholine rings is 1. The summed E-state index contributed by atoms with van der Waals surface area (Å²) in [5.74, 6) is 0.730. The number of nitrogens with zero attached hydrogens (tertiary/aromatic N) is 2. The Kier molecular flexibility index (Phi) is 4.65. The van der Waals surface area contributed by atoms with Crippen LogP contribution in [0.4, 0.5) is 0 Å². The molecule has 2 aromatic heterocycles. The van der Waals surface area contributed by atoms with Crippen LogP contribution in [0.5, 0.6) is 0 Å². The summed E-state index contributed by atoms with van der Waals surface area (Å²) < 4.78 is 5.58. The number of thiophene rings is 1. The van der Waals surface area contributed by atoms with Gasteiger partial charge in [-0.15, -0.1) is 11.3 Å². The maximum atomic E-state index is 12.8. The standard InChI is InChI=1S/C20H23N3O2S/c1-12-4-6-15(7-5-12)17-14(3)26-20-18(17)19(24)21-16(22-20)11-23-8-9-25-13(2)10-23/h4-7,13H,8-11H2,1-3H3,(H,21,22,24). The van der Waals surface area contributed by atoms with Gasteiger partial charge in [-0.1, -0.05) is 29.8 Å². The van der Waals surface area contributed by atoms with E-state index < -0.39 is 0 Å². The van der Waals surface area contributed by atoms with Gasteiger partial charge in [0.25, 0.3) is 5.56 Å². The van der Waals surface area contributed by atoms with Gasteiger partial charge in [0.1, 0.15) is 10.7 Å². The van der Waals surface area contributed by atoms with E-state index in [0.717, 1.165) is 46.4 Å². The Balaban J connectivity index is 1.72. The Hall–Kier alpha value is -2.02. The van der Waals surface area contributed by atoms with Gasteiger partial charge >= 0.3 is 0 Å². The van der Waals surface area contributed by atoms with Crippen LogP contribution in [0.1, 0.15) is 23.2 Å². The van der Waals surface area contributed by atoms with Crippen LogP contribution in [-0.2, 0) is 11.3 Å². The molecule has 1 unspecified atom stereocenters. The van der Waals surface area contributed by atoms with Crippen molar-refractivity contribution in [1.29, 1.82) is 0 Å². The minimum atomic E-state index is -0.0498. The molecule has 6 heteroatoms. The van der Waals surface area contributed by atoms with Gasteiger partial charge in [0.2, 0.25) is 0 Å². The molecule has 136 valence electrons. The number of aryl methyl sites for hydroxylation is 2. The molecule has 1 atom stereocenters. The lowest BCUT2D eigenvalue weighted by atomic mass is 10.0. The molecule has 3 heterocycles. The first kappa shape index (κ1) is 17.4. The van der Waals surface area contributed by atoms with Crippen LogP contribution in [-0.4, -0.2) is 40.7 Å². The number of ether oxygens (including phenoxy) is 1. The van der Waals surface area contributed by atoms with Crippen LogP contribution in [0.25, 0.3) is 21.3 Å². The van der Waals surface area contributed by atoms with Crippen LogP contribution in [0.3, 0.4) is 0 Å². The third-order valence-corrected chi connectivity index (χ3v) is 5.82. The second kappa shape index (κ2) is 6.95. The van der Waals surface area contributed by atoms with Crippen molar-refractivity contribution >= 4 is 21.6 Å². The molecule has 0 radical (unpaired) electrons. The fourth-order valence-electron chi connectivity index (χ4n) is 3.55. The summed E-state index contributed by atoms with van der Waals surface area (Å²) in [5, 5.41) is 0.704. The number of aromatic amines is 1. The van der Waals surface area contributed by atoms with Crippen molar-refractivity contribution < 1.29 is 4.74 Å². The number of benzene rings is 1. The maximum Gasteiger partial charge on any atom is 0.260 e. The van der Waals surface area contributed by atoms with Gasteiger partial charge in [0, 0.05) is 23.5 Å². The lowest BCUT2D eigenvalue weighted by molar-refractivity contribution is -0.0219. The summed E-state index contributed by atoms with van der Waals surface area (Å²) in [6.07, 6.45) is 0.219. The van der Waals surface area contributed by atoms with E-state index in [1.165, 1.54) is 5.56 Å². The zero-order chi connectivity index (χ0) is 18.3. The van der Waals surface area contributed by atoms with Gasteiger partial charge < -0.3 is 9.72 Å². The Morgan fingerprint density at radius 1 is 1.31 bits per heavy atom. The molecule has 0 bridgehead atoms. The Bertz CT molecular complexity index is 991. The molecule has 1 saturated heterocycles. The molecule has 0 amide bonds. The molecule has 4 rings (SSSR count). The predicted molar refractivity (Wildman–Crippen MR) is 106 cm³/mol. The predicted octanol–water partition coefficient (Wildman–Crippen LogP) is 3.49. The summed E-state index contributed by atoms with van der Waals surface area (Å²) in [6.45, 7) is 9.30. The van der Waals surface area contributed by atoms with Crippen LogP contribution < -0.4 is 5.56 Å². The molecular formula is C20H23N3O2S. The second-order valence-corrected chi connectivity index (χ2v) is 8.21. The third-order valence-electron chi connectivity index (χ3n) is 4.83. The lowest BCUT2D eigenvalue weighted by Crippen LogP contribution is -2.41. The van der Waals surface area contributed by atoms with E-state index in [-0.39, 0.29) is 11.7 Å². The fraction of sp³-hybridized carbons (Fsp3) is 0.400. The van der Waals surface area contributed by atoms with E-state index in [0.29, 0.717) is 11.9 Å². The molecule has 1 aliphatic rings. The molecule has 0 aliphatic carbocycles. The van der Waals surface area contributed by atoms with Crippen LogP contribution in [0, 0.1) is 13.8 Å². The first-order valence-electron chi connectivity index (χ1n) is 8.94. The van der Waals surface area contributed by atoms with E-state index in [1.807, 2.05) is 0 Å². The number of rotatable bonds is 3. The van der Waals surface area contributed by atoms with Crippen molar-refractivity contribution in [2.75, 3.05) is 19.7 Å². The average molecular weight is 369 g/mol. The van der Waals surface area contributed by atoms with Crippen molar-refractivity contribution in [2.45, 2.75) is 33.4 Å². The van der Waals surface area contributed by atoms with Gasteiger partial charge in [-0.25, -0.2) is 4.98 Å². The van der Waals surface area contributed by atoms with Crippen molar-refractivity contribution in [3.63, 3.8) is 0 Å². The topological polar surface area (TPSA) is 58.2 Å². The fourth-order valence-corrected chi connectivity index (χ4v) is 4.62. The number of H-pyrrole nitrogens is 1. The van der Waals surface area contributed by atoms with Gasteiger partial charge in [0.05, 0.1) is 24.6 Å². The van der Waals surface area contributed by atoms with Crippen LogP contribution >= 0.6 is 11.3 Å². The molecule has 1 aromatic carbocycles. The van der Waals surface area contributed by atoms with E-state index in [1.54, 1.807) is 11.3 Å². The van der Waals surface area contributed by atoms with Gasteiger partial charge in [-0.05, 0) is 26.3 Å². The van der Waals surface area contributed by atoms with E-state index in [2.05, 4.69) is 54.9 Å². The molecule has 1 N–H and O–H groups in total. The van der Waals surface area contributed by atoms with Crippen molar-refractivity contribution in [1.82, 2.24) is 14.9 Å². The van der Waals surface area contributed by atoms with Crippen LogP contribution in [0.2, 0.25) is 0 Å². The zero-order valence-electron chi connectivity index (χ0n) is 15.3. The number of fused-ring (bicyclic) bond motifs is 1. The summed E-state index contributed by atoms with van der Waals surface area (Å²) in [6, 6.07) is 8.31. The van der Waals surface area contributed by atoms with Crippen LogP contribution in [0.15, 0.2) is 29.1 Å². The van der Waals surface area contributed by atoms with Gasteiger partial charge in [-0.3, -0.25) is 9.69 Å². The van der Waals surface area contributed by atoms with E-state index >= 15 is 0 Å². The summed E-state index contributed by atoms with van der Waals surface area (Å²) >= 11 is 1.59. The van der Waals surface area contributed by atoms with Gasteiger partial charge in [-0.2, -0.15) is 0 Å². The van der Waals surface area contributed by atoms with Gasteiger partial charge in [0.15, 0.2) is 0 Å².